The fraction of sp³-hybridized carbons (Fsp3) is 0.364. The number of aromatic hydroxyl groups is 1. The minimum Gasteiger partial charge on any atom is -0.508 e. The third-order valence-corrected chi connectivity index (χ3v) is 3.02. The fourth-order valence-electron chi connectivity index (χ4n) is 1.96. The van der Waals surface area contributed by atoms with E-state index in [2.05, 4.69) is 0 Å². The average molecular weight is 192 g/mol. The molecule has 1 aromatic rings. The third-order valence-electron chi connectivity index (χ3n) is 3.02. The van der Waals surface area contributed by atoms with Crippen molar-refractivity contribution in [1.29, 1.82) is 0 Å². The molecule has 1 fully saturated rings. The Kier molecular flexibility index (Phi) is 1.95. The van der Waals surface area contributed by atoms with Crippen molar-refractivity contribution in [3.63, 3.8) is 0 Å². The van der Waals surface area contributed by atoms with Gasteiger partial charge in [-0.15, -0.1) is 0 Å². The Morgan fingerprint density at radius 3 is 2.50 bits per heavy atom. The molecule has 0 radical (unpaired) electrons. The molecular weight excluding hydrogens is 180 g/mol. The quantitative estimate of drug-likeness (QED) is 0.752. The first-order chi connectivity index (χ1) is 6.65. The third kappa shape index (κ3) is 1.16. The number of carboxylic acid groups (broad SMARTS) is 1. The maximum Gasteiger partial charge on any atom is 0.314 e. The molecule has 1 aromatic carbocycles. The monoisotopic (exact) mass is 192 g/mol. The summed E-state index contributed by atoms with van der Waals surface area (Å²) in [5.74, 6) is -0.649. The number of hydrogen-bond acceptors (Lipinski definition) is 2. The van der Waals surface area contributed by atoms with Gasteiger partial charge in [-0.2, -0.15) is 0 Å². The summed E-state index contributed by atoms with van der Waals surface area (Å²) in [6.07, 6.45) is 2.29. The molecule has 0 aromatic heterocycles. The molecule has 0 amide bonds. The second-order valence-electron chi connectivity index (χ2n) is 3.79. The lowest BCUT2D eigenvalue weighted by atomic mass is 9.64. The van der Waals surface area contributed by atoms with Crippen molar-refractivity contribution in [2.45, 2.75) is 24.7 Å². The fourth-order valence-corrected chi connectivity index (χ4v) is 1.96. The topological polar surface area (TPSA) is 57.5 Å². The highest BCUT2D eigenvalue weighted by Gasteiger charge is 2.45. The Labute approximate surface area is 82.0 Å². The first kappa shape index (κ1) is 9.06. The standard InChI is InChI=1S/C11H12O3/c12-9-4-1-3-8(7-9)11(10(13)14)5-2-6-11/h1,3-4,7,12H,2,5-6H2,(H,13,14). The van der Waals surface area contributed by atoms with Crippen LogP contribution in [0, 0.1) is 0 Å². The molecule has 1 saturated carbocycles. The zero-order valence-corrected chi connectivity index (χ0v) is 7.73. The number of carbonyl (C=O) groups is 1. The second-order valence-corrected chi connectivity index (χ2v) is 3.79. The van der Waals surface area contributed by atoms with Gasteiger partial charge in [0.15, 0.2) is 0 Å². The van der Waals surface area contributed by atoms with Crippen LogP contribution >= 0.6 is 0 Å². The van der Waals surface area contributed by atoms with Gasteiger partial charge in [-0.3, -0.25) is 4.79 Å². The van der Waals surface area contributed by atoms with E-state index in [0.717, 1.165) is 12.0 Å². The van der Waals surface area contributed by atoms with E-state index in [9.17, 15) is 9.90 Å². The van der Waals surface area contributed by atoms with Crippen molar-refractivity contribution in [2.24, 2.45) is 0 Å². The van der Waals surface area contributed by atoms with Gasteiger partial charge in [0.25, 0.3) is 0 Å². The van der Waals surface area contributed by atoms with Gasteiger partial charge in [-0.25, -0.2) is 0 Å². The van der Waals surface area contributed by atoms with Crippen LogP contribution < -0.4 is 0 Å². The van der Waals surface area contributed by atoms with Crippen molar-refractivity contribution < 1.29 is 15.0 Å². The number of carboxylic acids is 1. The Bertz CT molecular complexity index is 367. The summed E-state index contributed by atoms with van der Waals surface area (Å²) in [5.41, 5.74) is -0.0186. The molecular formula is C11H12O3. The molecule has 14 heavy (non-hydrogen) atoms. The van der Waals surface area contributed by atoms with Crippen molar-refractivity contribution in [3.05, 3.63) is 29.8 Å². The average Bonchev–Trinajstić information content (AvgIpc) is 2.00. The van der Waals surface area contributed by atoms with E-state index in [1.165, 1.54) is 0 Å². The van der Waals surface area contributed by atoms with Gasteiger partial charge in [0, 0.05) is 0 Å². The van der Waals surface area contributed by atoms with Gasteiger partial charge in [0.1, 0.15) is 5.75 Å². The number of hydrogen-bond donors (Lipinski definition) is 2. The molecule has 3 nitrogen and oxygen atoms in total. The molecule has 0 heterocycles. The zero-order valence-electron chi connectivity index (χ0n) is 7.73. The highest BCUT2D eigenvalue weighted by molar-refractivity contribution is 5.82. The summed E-state index contributed by atoms with van der Waals surface area (Å²) in [7, 11) is 0. The Balaban J connectivity index is 2.42. The van der Waals surface area contributed by atoms with Gasteiger partial charge < -0.3 is 10.2 Å². The van der Waals surface area contributed by atoms with E-state index in [1.54, 1.807) is 24.3 Å². The van der Waals surface area contributed by atoms with Gasteiger partial charge in [0.05, 0.1) is 5.41 Å². The van der Waals surface area contributed by atoms with Crippen molar-refractivity contribution >= 4 is 5.97 Å². The Morgan fingerprint density at radius 1 is 1.36 bits per heavy atom. The molecule has 2 N–H and O–H groups in total. The van der Waals surface area contributed by atoms with Crippen LogP contribution in [0.25, 0.3) is 0 Å². The van der Waals surface area contributed by atoms with Gasteiger partial charge in [-0.1, -0.05) is 18.6 Å². The van der Waals surface area contributed by atoms with E-state index < -0.39 is 11.4 Å². The van der Waals surface area contributed by atoms with Crippen LogP contribution in [0.1, 0.15) is 24.8 Å². The lowest BCUT2D eigenvalue weighted by Gasteiger charge is -2.38. The summed E-state index contributed by atoms with van der Waals surface area (Å²) in [6, 6.07) is 6.56. The van der Waals surface area contributed by atoms with Crippen LogP contribution in [0.15, 0.2) is 24.3 Å². The first-order valence-corrected chi connectivity index (χ1v) is 4.68. The number of aliphatic carboxylic acids is 1. The molecule has 74 valence electrons. The Morgan fingerprint density at radius 2 is 2.07 bits per heavy atom. The summed E-state index contributed by atoms with van der Waals surface area (Å²) in [6.45, 7) is 0. The highest BCUT2D eigenvalue weighted by atomic mass is 16.4. The van der Waals surface area contributed by atoms with E-state index >= 15 is 0 Å². The number of rotatable bonds is 2. The van der Waals surface area contributed by atoms with Crippen LogP contribution in [-0.4, -0.2) is 16.2 Å². The minimum atomic E-state index is -0.783. The number of benzene rings is 1. The number of phenols is 1. The molecule has 3 heteroatoms. The molecule has 0 aliphatic heterocycles. The van der Waals surface area contributed by atoms with Crippen LogP contribution in [0.3, 0.4) is 0 Å². The lowest BCUT2D eigenvalue weighted by Crippen LogP contribution is -2.42. The molecule has 0 spiro atoms. The molecule has 0 unspecified atom stereocenters. The smallest absolute Gasteiger partial charge is 0.314 e. The zero-order chi connectivity index (χ0) is 10.2. The van der Waals surface area contributed by atoms with Crippen LogP contribution in [-0.2, 0) is 10.2 Å². The van der Waals surface area contributed by atoms with E-state index in [1.807, 2.05) is 0 Å². The van der Waals surface area contributed by atoms with Gasteiger partial charge >= 0.3 is 5.97 Å². The Hall–Kier alpha value is -1.51. The predicted molar refractivity (Wildman–Crippen MR) is 51.3 cm³/mol. The molecule has 1 aliphatic carbocycles. The highest BCUT2D eigenvalue weighted by Crippen LogP contribution is 2.44. The first-order valence-electron chi connectivity index (χ1n) is 4.68. The second kappa shape index (κ2) is 3.01. The van der Waals surface area contributed by atoms with Crippen LogP contribution in [0.4, 0.5) is 0 Å². The summed E-state index contributed by atoms with van der Waals surface area (Å²) < 4.78 is 0. The summed E-state index contributed by atoms with van der Waals surface area (Å²) >= 11 is 0. The van der Waals surface area contributed by atoms with Gasteiger partial charge in [0.2, 0.25) is 0 Å². The largest absolute Gasteiger partial charge is 0.508 e. The van der Waals surface area contributed by atoms with Crippen molar-refractivity contribution in [3.8, 4) is 5.75 Å². The maximum absolute atomic E-state index is 11.1. The minimum absolute atomic E-state index is 0.134. The molecule has 1 aliphatic rings. The van der Waals surface area contributed by atoms with Crippen molar-refractivity contribution in [1.82, 2.24) is 0 Å². The molecule has 2 rings (SSSR count). The van der Waals surface area contributed by atoms with Crippen LogP contribution in [0.2, 0.25) is 0 Å². The van der Waals surface area contributed by atoms with E-state index in [4.69, 9.17) is 5.11 Å². The maximum atomic E-state index is 11.1. The SMILES string of the molecule is O=C(O)C1(c2cccc(O)c2)CCC1. The van der Waals surface area contributed by atoms with Gasteiger partial charge in [-0.05, 0) is 30.5 Å². The predicted octanol–water partition coefficient (Wildman–Crippen LogP) is 1.90. The summed E-state index contributed by atoms with van der Waals surface area (Å²) in [5, 5.41) is 18.4. The van der Waals surface area contributed by atoms with Crippen LogP contribution in [0.5, 0.6) is 5.75 Å². The van der Waals surface area contributed by atoms with Crippen molar-refractivity contribution in [2.75, 3.05) is 0 Å². The lowest BCUT2D eigenvalue weighted by molar-refractivity contribution is -0.147. The molecule has 0 atom stereocenters. The summed E-state index contributed by atoms with van der Waals surface area (Å²) in [4.78, 5) is 11.1. The normalized spacial score (nSPS) is 18.6. The molecule has 0 saturated heterocycles. The molecule has 0 bridgehead atoms. The van der Waals surface area contributed by atoms with E-state index in [-0.39, 0.29) is 5.75 Å². The van der Waals surface area contributed by atoms with E-state index in [0.29, 0.717) is 12.8 Å². The number of phenolic OH excluding ortho intramolecular Hbond substituents is 1.